The van der Waals surface area contributed by atoms with Gasteiger partial charge in [0.2, 0.25) is 0 Å². The molecule has 174 valence electrons. The highest BCUT2D eigenvalue weighted by Gasteiger charge is 2.59. The van der Waals surface area contributed by atoms with E-state index in [1.807, 2.05) is 37.4 Å². The van der Waals surface area contributed by atoms with Crippen molar-refractivity contribution in [3.63, 3.8) is 0 Å². The molecule has 0 bridgehead atoms. The van der Waals surface area contributed by atoms with E-state index in [2.05, 4.69) is 18.8 Å². The lowest BCUT2D eigenvalue weighted by Crippen LogP contribution is -2.36. The molecule has 1 amide bonds. The van der Waals surface area contributed by atoms with Crippen LogP contribution >= 0.6 is 11.6 Å². The molecule has 3 aliphatic rings. The number of rotatable bonds is 4. The number of aromatic nitrogens is 3. The first kappa shape index (κ1) is 21.7. The van der Waals surface area contributed by atoms with Gasteiger partial charge in [-0.05, 0) is 59.3 Å². The van der Waals surface area contributed by atoms with Gasteiger partial charge in [0.15, 0.2) is 11.0 Å². The van der Waals surface area contributed by atoms with Crippen molar-refractivity contribution < 1.29 is 13.9 Å². The van der Waals surface area contributed by atoms with Crippen LogP contribution in [0.15, 0.2) is 0 Å². The Morgan fingerprint density at radius 1 is 1.25 bits per heavy atom. The summed E-state index contributed by atoms with van der Waals surface area (Å²) in [4.78, 5) is 20.7. The largest absolute Gasteiger partial charge is 0.444 e. The molecule has 0 radical (unpaired) electrons. The van der Waals surface area contributed by atoms with Crippen LogP contribution in [0.5, 0.6) is 0 Å². The van der Waals surface area contributed by atoms with E-state index in [0.29, 0.717) is 36.3 Å². The van der Waals surface area contributed by atoms with Gasteiger partial charge >= 0.3 is 6.09 Å². The summed E-state index contributed by atoms with van der Waals surface area (Å²) in [7, 11) is 1.96. The summed E-state index contributed by atoms with van der Waals surface area (Å²) in [6, 6.07) is 0.388. The van der Waals surface area contributed by atoms with Crippen molar-refractivity contribution in [3.05, 3.63) is 16.7 Å². The summed E-state index contributed by atoms with van der Waals surface area (Å²) in [5.41, 5.74) is 0.858. The summed E-state index contributed by atoms with van der Waals surface area (Å²) in [6.45, 7) is 11.0. The maximum absolute atomic E-state index is 15.3. The first-order valence-corrected chi connectivity index (χ1v) is 11.8. The van der Waals surface area contributed by atoms with Gasteiger partial charge in [-0.15, -0.1) is 0 Å². The fourth-order valence-electron chi connectivity index (χ4n) is 4.90. The minimum absolute atomic E-state index is 0.111. The van der Waals surface area contributed by atoms with Crippen molar-refractivity contribution in [2.45, 2.75) is 71.1 Å². The molecule has 5 rings (SSSR count). The topological polar surface area (TPSA) is 63.5 Å². The van der Waals surface area contributed by atoms with Crippen molar-refractivity contribution in [2.24, 2.45) is 11.8 Å². The summed E-state index contributed by atoms with van der Waals surface area (Å²) in [5, 5.41) is 5.61. The molecule has 0 aromatic carbocycles. The molecule has 3 atom stereocenters. The molecule has 9 heteroatoms. The van der Waals surface area contributed by atoms with Crippen LogP contribution in [0, 0.1) is 17.7 Å². The van der Waals surface area contributed by atoms with Crippen LogP contribution in [0.4, 0.5) is 15.0 Å². The van der Waals surface area contributed by atoms with Gasteiger partial charge in [0.1, 0.15) is 16.9 Å². The van der Waals surface area contributed by atoms with Gasteiger partial charge in [-0.2, -0.15) is 5.10 Å². The zero-order valence-corrected chi connectivity index (χ0v) is 20.3. The van der Waals surface area contributed by atoms with Crippen LogP contribution < -0.4 is 4.90 Å². The predicted molar refractivity (Wildman–Crippen MR) is 122 cm³/mol. The van der Waals surface area contributed by atoms with E-state index in [0.717, 1.165) is 23.9 Å². The molecule has 0 N–H and O–H groups in total. The summed E-state index contributed by atoms with van der Waals surface area (Å²) >= 11 is 6.23. The van der Waals surface area contributed by atoms with Gasteiger partial charge in [-0.25, -0.2) is 14.2 Å². The highest BCUT2D eigenvalue weighted by molar-refractivity contribution is 6.30. The maximum atomic E-state index is 15.3. The number of nitrogens with zero attached hydrogens (tertiary/aromatic N) is 5. The van der Waals surface area contributed by atoms with Crippen molar-refractivity contribution in [3.8, 4) is 0 Å². The quantitative estimate of drug-likeness (QED) is 0.598. The lowest BCUT2D eigenvalue weighted by Gasteiger charge is -2.26. The molecule has 2 saturated carbocycles. The number of amides is 1. The smallest absolute Gasteiger partial charge is 0.410 e. The Balaban J connectivity index is 1.51. The number of halogens is 2. The number of piperidine rings is 1. The Morgan fingerprint density at radius 3 is 2.41 bits per heavy atom. The molecular weight excluding hydrogens is 433 g/mol. The normalized spacial score (nSPS) is 24.9. The molecule has 2 aromatic rings. The van der Waals surface area contributed by atoms with Crippen LogP contribution in [-0.4, -0.2) is 57.5 Å². The number of hydrogen-bond donors (Lipinski definition) is 0. The second-order valence-electron chi connectivity index (χ2n) is 10.8. The second kappa shape index (κ2) is 7.20. The third kappa shape index (κ3) is 3.51. The first-order valence-electron chi connectivity index (χ1n) is 11.5. The van der Waals surface area contributed by atoms with E-state index in [-0.39, 0.29) is 29.2 Å². The average Bonchev–Trinajstić information content (AvgIpc) is 3.58. The highest BCUT2D eigenvalue weighted by Crippen LogP contribution is 2.60. The third-order valence-corrected chi connectivity index (χ3v) is 7.17. The molecule has 2 aromatic heterocycles. The molecule has 1 unspecified atom stereocenters. The van der Waals surface area contributed by atoms with Gasteiger partial charge in [0, 0.05) is 32.1 Å². The Bertz CT molecular complexity index is 1080. The number of carbonyl (C=O) groups excluding carboxylic acids is 1. The number of fused-ring (bicyclic) bond motifs is 2. The molecule has 1 aliphatic heterocycles. The molecule has 0 spiro atoms. The number of carbonyl (C=O) groups is 1. The van der Waals surface area contributed by atoms with Crippen molar-refractivity contribution in [2.75, 3.05) is 25.0 Å². The summed E-state index contributed by atoms with van der Waals surface area (Å²) in [6.07, 6.45) is 1.72. The predicted octanol–water partition coefficient (Wildman–Crippen LogP) is 4.98. The molecule has 1 saturated heterocycles. The third-order valence-electron chi connectivity index (χ3n) is 6.92. The SMILES string of the molecule is CC(C)N(C)c1nc(Cl)c(F)c2c1c(C1[C@H]3CN(C(=O)OC(C)(C)C)C[C@@H]13)nn2C1CC1. The zero-order valence-electron chi connectivity index (χ0n) is 19.5. The standard InChI is InChI=1S/C23H31ClFN5O2/c1-11(2)28(6)21-16-18(27-30(12-7-8-12)19(16)17(25)20(24)26-21)15-13-9-29(10-14(13)15)22(31)32-23(3,4)5/h11-15H,7-10H2,1-6H3/t13-,14+,15?. The second-order valence-corrected chi connectivity index (χ2v) is 11.1. The van der Waals surface area contributed by atoms with Gasteiger partial charge < -0.3 is 14.5 Å². The first-order chi connectivity index (χ1) is 15.0. The van der Waals surface area contributed by atoms with Crippen LogP contribution in [0.3, 0.4) is 0 Å². The molecule has 3 heterocycles. The van der Waals surface area contributed by atoms with E-state index in [4.69, 9.17) is 21.4 Å². The van der Waals surface area contributed by atoms with Crippen LogP contribution in [0.1, 0.15) is 65.1 Å². The summed E-state index contributed by atoms with van der Waals surface area (Å²) < 4.78 is 22.6. The zero-order chi connectivity index (χ0) is 23.1. The number of likely N-dealkylation sites (tertiary alicyclic amines) is 1. The maximum Gasteiger partial charge on any atom is 0.410 e. The van der Waals surface area contributed by atoms with E-state index in [1.54, 1.807) is 4.90 Å². The van der Waals surface area contributed by atoms with Crippen molar-refractivity contribution in [1.29, 1.82) is 0 Å². The molecule has 2 aliphatic carbocycles. The van der Waals surface area contributed by atoms with E-state index >= 15 is 4.39 Å². The van der Waals surface area contributed by atoms with E-state index in [1.165, 1.54) is 0 Å². The van der Waals surface area contributed by atoms with Crippen LogP contribution in [0.2, 0.25) is 5.15 Å². The Labute approximate surface area is 192 Å². The molecule has 32 heavy (non-hydrogen) atoms. The Kier molecular flexibility index (Phi) is 4.89. The minimum Gasteiger partial charge on any atom is -0.444 e. The highest BCUT2D eigenvalue weighted by atomic mass is 35.5. The average molecular weight is 464 g/mol. The van der Waals surface area contributed by atoms with Gasteiger partial charge in [0.25, 0.3) is 0 Å². The lowest BCUT2D eigenvalue weighted by molar-refractivity contribution is 0.0271. The number of pyridine rings is 1. The number of anilines is 1. The van der Waals surface area contributed by atoms with Crippen molar-refractivity contribution in [1.82, 2.24) is 19.7 Å². The van der Waals surface area contributed by atoms with Gasteiger partial charge in [-0.3, -0.25) is 4.68 Å². The van der Waals surface area contributed by atoms with Crippen LogP contribution in [0.25, 0.3) is 10.9 Å². The monoisotopic (exact) mass is 463 g/mol. The van der Waals surface area contributed by atoms with Crippen LogP contribution in [-0.2, 0) is 4.74 Å². The number of ether oxygens (including phenoxy) is 1. The lowest BCUT2D eigenvalue weighted by atomic mass is 10.1. The molecule has 3 fully saturated rings. The fraction of sp³-hybridized carbons (Fsp3) is 0.696. The van der Waals surface area contributed by atoms with E-state index < -0.39 is 11.4 Å². The fourth-order valence-corrected chi connectivity index (χ4v) is 5.07. The van der Waals surface area contributed by atoms with Gasteiger partial charge in [0.05, 0.1) is 17.1 Å². The Morgan fingerprint density at radius 2 is 1.88 bits per heavy atom. The van der Waals surface area contributed by atoms with Crippen molar-refractivity contribution >= 4 is 34.4 Å². The molecular formula is C23H31ClFN5O2. The van der Waals surface area contributed by atoms with E-state index in [9.17, 15) is 4.79 Å². The van der Waals surface area contributed by atoms with Gasteiger partial charge in [-0.1, -0.05) is 11.6 Å². The molecule has 7 nitrogen and oxygen atoms in total. The Hall–Kier alpha value is -2.09. The minimum atomic E-state index is -0.513. The number of hydrogen-bond acceptors (Lipinski definition) is 5. The summed E-state index contributed by atoms with van der Waals surface area (Å²) in [5.74, 6) is 0.998.